The maximum absolute atomic E-state index is 10.7. The smallest absolute Gasteiger partial charge is 0.335 e. The number of aromatic carboxylic acids is 1. The minimum Gasteiger partial charge on any atom is -0.478 e. The van der Waals surface area contributed by atoms with Crippen LogP contribution in [0.5, 0.6) is 0 Å². The third-order valence-electron chi connectivity index (χ3n) is 2.78. The molecule has 1 N–H and O–H groups in total. The van der Waals surface area contributed by atoms with E-state index in [-0.39, 0.29) is 16.3 Å². The van der Waals surface area contributed by atoms with E-state index in [1.54, 1.807) is 12.1 Å². The molecule has 3 nitrogen and oxygen atoms in total. The van der Waals surface area contributed by atoms with Crippen LogP contribution in [0.4, 0.5) is 0 Å². The number of hydrogen-bond donors (Lipinski definition) is 1. The molecule has 1 rings (SSSR count). The van der Waals surface area contributed by atoms with Crippen LogP contribution in [-0.2, 0) is 4.79 Å². The van der Waals surface area contributed by atoms with Crippen LogP contribution in [0, 0.1) is 0 Å². The number of aldehydes is 1. The van der Waals surface area contributed by atoms with Crippen molar-refractivity contribution in [1.82, 2.24) is 0 Å². The van der Waals surface area contributed by atoms with E-state index in [4.69, 9.17) is 5.11 Å². The molecular formula is C13H15BrO3. The third kappa shape index (κ3) is 3.97. The lowest BCUT2D eigenvalue weighted by atomic mass is 9.91. The molecule has 0 radical (unpaired) electrons. The van der Waals surface area contributed by atoms with Gasteiger partial charge >= 0.3 is 5.97 Å². The van der Waals surface area contributed by atoms with Crippen LogP contribution >= 0.6 is 15.9 Å². The molecule has 0 fully saturated rings. The summed E-state index contributed by atoms with van der Waals surface area (Å²) >= 11 is 3.29. The summed E-state index contributed by atoms with van der Waals surface area (Å²) < 4.78 is 0. The second-order valence-corrected chi connectivity index (χ2v) is 5.10. The van der Waals surface area contributed by atoms with Crippen molar-refractivity contribution >= 4 is 28.2 Å². The minimum atomic E-state index is -0.921. The molecule has 0 aliphatic heterocycles. The van der Waals surface area contributed by atoms with Gasteiger partial charge in [-0.1, -0.05) is 35.0 Å². The summed E-state index contributed by atoms with van der Waals surface area (Å²) in [5, 5.41) is 8.80. The van der Waals surface area contributed by atoms with E-state index in [1.165, 1.54) is 0 Å². The fourth-order valence-corrected chi connectivity index (χ4v) is 2.21. The predicted octanol–water partition coefficient (Wildman–Crippen LogP) is 3.23. The minimum absolute atomic E-state index is 0.147. The molecule has 92 valence electrons. The fourth-order valence-electron chi connectivity index (χ4n) is 1.76. The van der Waals surface area contributed by atoms with Gasteiger partial charge in [0.05, 0.1) is 10.4 Å². The zero-order valence-corrected chi connectivity index (χ0v) is 11.2. The second kappa shape index (κ2) is 6.55. The van der Waals surface area contributed by atoms with Crippen LogP contribution in [0.25, 0.3) is 0 Å². The van der Waals surface area contributed by atoms with Gasteiger partial charge in [-0.3, -0.25) is 0 Å². The highest BCUT2D eigenvalue weighted by Crippen LogP contribution is 2.26. The lowest BCUT2D eigenvalue weighted by molar-refractivity contribution is -0.107. The van der Waals surface area contributed by atoms with E-state index in [0.717, 1.165) is 24.7 Å². The highest BCUT2D eigenvalue weighted by atomic mass is 79.9. The van der Waals surface area contributed by atoms with Crippen LogP contribution in [0.1, 0.15) is 41.6 Å². The molecule has 0 bridgehead atoms. The number of benzene rings is 1. The van der Waals surface area contributed by atoms with Gasteiger partial charge in [0, 0.05) is 0 Å². The SMILES string of the molecule is CC[C@@H](C[C@H](Br)C=O)c1ccc(C(=O)O)cc1. The molecule has 0 unspecified atom stereocenters. The largest absolute Gasteiger partial charge is 0.478 e. The van der Waals surface area contributed by atoms with Crippen LogP contribution in [0.2, 0.25) is 0 Å². The topological polar surface area (TPSA) is 54.4 Å². The zero-order chi connectivity index (χ0) is 12.8. The Morgan fingerprint density at radius 1 is 1.41 bits per heavy atom. The van der Waals surface area contributed by atoms with Crippen molar-refractivity contribution < 1.29 is 14.7 Å². The molecule has 0 aromatic heterocycles. The Morgan fingerprint density at radius 2 is 2.00 bits per heavy atom. The fraction of sp³-hybridized carbons (Fsp3) is 0.385. The monoisotopic (exact) mass is 298 g/mol. The molecule has 0 saturated carbocycles. The van der Waals surface area contributed by atoms with Gasteiger partial charge < -0.3 is 9.90 Å². The maximum Gasteiger partial charge on any atom is 0.335 e. The Kier molecular flexibility index (Phi) is 5.35. The quantitative estimate of drug-likeness (QED) is 0.648. The van der Waals surface area contributed by atoms with Gasteiger partial charge in [-0.2, -0.15) is 0 Å². The Bertz CT molecular complexity index is 386. The molecule has 1 aromatic carbocycles. The van der Waals surface area contributed by atoms with Crippen molar-refractivity contribution in [3.8, 4) is 0 Å². The number of carbonyl (C=O) groups is 2. The summed E-state index contributed by atoms with van der Waals surface area (Å²) in [5.74, 6) is -0.650. The van der Waals surface area contributed by atoms with Gasteiger partial charge in [-0.25, -0.2) is 4.79 Å². The summed E-state index contributed by atoms with van der Waals surface area (Å²) in [6, 6.07) is 6.85. The number of carboxylic acids is 1. The van der Waals surface area contributed by atoms with E-state index in [1.807, 2.05) is 12.1 Å². The van der Waals surface area contributed by atoms with Gasteiger partial charge in [0.2, 0.25) is 0 Å². The van der Waals surface area contributed by atoms with Gasteiger partial charge in [-0.15, -0.1) is 0 Å². The number of halogens is 1. The summed E-state index contributed by atoms with van der Waals surface area (Å²) in [5.41, 5.74) is 1.36. The van der Waals surface area contributed by atoms with E-state index < -0.39 is 5.97 Å². The van der Waals surface area contributed by atoms with Gasteiger partial charge in [0.25, 0.3) is 0 Å². The lowest BCUT2D eigenvalue weighted by Crippen LogP contribution is -2.08. The highest BCUT2D eigenvalue weighted by Gasteiger charge is 2.14. The third-order valence-corrected chi connectivity index (χ3v) is 3.37. The normalized spacial score (nSPS) is 14.0. The molecular weight excluding hydrogens is 284 g/mol. The molecule has 4 heteroatoms. The van der Waals surface area contributed by atoms with E-state index >= 15 is 0 Å². The standard InChI is InChI=1S/C13H15BrO3/c1-2-9(7-12(14)8-15)10-3-5-11(6-4-10)13(16)17/h3-6,8-9,12H,2,7H2,1H3,(H,16,17)/t9-,12-/m0/s1. The molecule has 0 spiro atoms. The van der Waals surface area contributed by atoms with Crippen molar-refractivity contribution in [2.45, 2.75) is 30.5 Å². The first kappa shape index (κ1) is 13.9. The first-order chi connectivity index (χ1) is 8.08. The van der Waals surface area contributed by atoms with Crippen LogP contribution < -0.4 is 0 Å². The molecule has 0 amide bonds. The molecule has 17 heavy (non-hydrogen) atoms. The Balaban J connectivity index is 2.82. The van der Waals surface area contributed by atoms with Crippen LogP contribution in [0.3, 0.4) is 0 Å². The predicted molar refractivity (Wildman–Crippen MR) is 69.8 cm³/mol. The molecule has 0 aliphatic rings. The number of carboxylic acid groups (broad SMARTS) is 1. The zero-order valence-electron chi connectivity index (χ0n) is 9.60. The molecule has 0 heterocycles. The Hall–Kier alpha value is -1.16. The molecule has 1 aromatic rings. The van der Waals surface area contributed by atoms with Crippen molar-refractivity contribution in [3.63, 3.8) is 0 Å². The van der Waals surface area contributed by atoms with E-state index in [9.17, 15) is 9.59 Å². The van der Waals surface area contributed by atoms with Crippen LogP contribution in [-0.4, -0.2) is 22.2 Å². The first-order valence-corrected chi connectivity index (χ1v) is 6.42. The maximum atomic E-state index is 10.7. The van der Waals surface area contributed by atoms with Gasteiger partial charge in [0.1, 0.15) is 6.29 Å². The Morgan fingerprint density at radius 3 is 2.41 bits per heavy atom. The Labute approximate surface area is 109 Å². The van der Waals surface area contributed by atoms with Gasteiger partial charge in [0.15, 0.2) is 0 Å². The van der Waals surface area contributed by atoms with Crippen molar-refractivity contribution in [2.24, 2.45) is 0 Å². The molecule has 0 saturated heterocycles. The number of alkyl halides is 1. The molecule has 0 aliphatic carbocycles. The van der Waals surface area contributed by atoms with Crippen molar-refractivity contribution in [3.05, 3.63) is 35.4 Å². The van der Waals surface area contributed by atoms with Crippen molar-refractivity contribution in [2.75, 3.05) is 0 Å². The number of carbonyl (C=O) groups excluding carboxylic acids is 1. The first-order valence-electron chi connectivity index (χ1n) is 5.51. The number of hydrogen-bond acceptors (Lipinski definition) is 2. The summed E-state index contributed by atoms with van der Waals surface area (Å²) in [6.07, 6.45) is 2.53. The highest BCUT2D eigenvalue weighted by molar-refractivity contribution is 9.09. The summed E-state index contributed by atoms with van der Waals surface area (Å²) in [4.78, 5) is 21.2. The van der Waals surface area contributed by atoms with E-state index in [2.05, 4.69) is 22.9 Å². The van der Waals surface area contributed by atoms with Gasteiger partial charge in [-0.05, 0) is 36.5 Å². The number of rotatable bonds is 6. The van der Waals surface area contributed by atoms with Crippen molar-refractivity contribution in [1.29, 1.82) is 0 Å². The average Bonchev–Trinajstić information content (AvgIpc) is 2.35. The lowest BCUT2D eigenvalue weighted by Gasteiger charge is -2.16. The molecule has 2 atom stereocenters. The summed E-state index contributed by atoms with van der Waals surface area (Å²) in [6.45, 7) is 2.06. The van der Waals surface area contributed by atoms with E-state index in [0.29, 0.717) is 0 Å². The summed E-state index contributed by atoms with van der Waals surface area (Å²) in [7, 11) is 0. The van der Waals surface area contributed by atoms with Crippen LogP contribution in [0.15, 0.2) is 24.3 Å². The second-order valence-electron chi connectivity index (χ2n) is 3.92. The average molecular weight is 299 g/mol.